The van der Waals surface area contributed by atoms with Crippen LogP contribution in [-0.2, 0) is 24.1 Å². The maximum atomic E-state index is 12.9. The van der Waals surface area contributed by atoms with Crippen molar-refractivity contribution >= 4 is 41.7 Å². The van der Waals surface area contributed by atoms with Gasteiger partial charge in [0, 0.05) is 45.0 Å². The zero-order valence-corrected chi connectivity index (χ0v) is 20.6. The number of amides is 1. The van der Waals surface area contributed by atoms with Crippen LogP contribution in [0, 0.1) is 5.92 Å². The molecule has 2 heterocycles. The zero-order valence-electron chi connectivity index (χ0n) is 18.2. The Hall–Kier alpha value is -2.57. The molecular formula is C22H28F3IN6O. The minimum atomic E-state index is -4.38. The molecule has 1 aliphatic rings. The second kappa shape index (κ2) is 12.1. The predicted molar refractivity (Wildman–Crippen MR) is 132 cm³/mol. The van der Waals surface area contributed by atoms with Crippen LogP contribution in [-0.4, -0.2) is 37.0 Å². The van der Waals surface area contributed by atoms with Gasteiger partial charge in [-0.25, -0.2) is 4.98 Å². The van der Waals surface area contributed by atoms with Crippen molar-refractivity contribution in [2.75, 3.05) is 25.0 Å². The van der Waals surface area contributed by atoms with E-state index in [0.717, 1.165) is 42.9 Å². The molecule has 1 unspecified atom stereocenters. The highest BCUT2D eigenvalue weighted by Gasteiger charge is 2.30. The fourth-order valence-electron chi connectivity index (χ4n) is 3.70. The van der Waals surface area contributed by atoms with Gasteiger partial charge in [0.25, 0.3) is 0 Å². The molecule has 1 amide bonds. The lowest BCUT2D eigenvalue weighted by atomic mass is 9.97. The molecule has 4 N–H and O–H groups in total. The summed E-state index contributed by atoms with van der Waals surface area (Å²) in [4.78, 5) is 22.3. The SMILES string of the molecule is CN=C(NCc1cccc(C(F)(F)F)c1)NCc1cccnc1N1CCCC(C(N)=O)C1.I. The Kier molecular flexibility index (Phi) is 9.74. The van der Waals surface area contributed by atoms with E-state index in [9.17, 15) is 18.0 Å². The molecule has 0 bridgehead atoms. The molecule has 0 saturated carbocycles. The highest BCUT2D eigenvalue weighted by Crippen LogP contribution is 2.29. The fourth-order valence-corrected chi connectivity index (χ4v) is 3.70. The van der Waals surface area contributed by atoms with E-state index in [4.69, 9.17) is 5.73 Å². The molecule has 180 valence electrons. The van der Waals surface area contributed by atoms with Gasteiger partial charge < -0.3 is 21.3 Å². The molecule has 0 aliphatic carbocycles. The molecule has 1 aromatic heterocycles. The van der Waals surface area contributed by atoms with E-state index in [0.29, 0.717) is 24.6 Å². The van der Waals surface area contributed by atoms with Gasteiger partial charge in [0.05, 0.1) is 11.5 Å². The summed E-state index contributed by atoms with van der Waals surface area (Å²) >= 11 is 0. The molecule has 1 aliphatic heterocycles. The summed E-state index contributed by atoms with van der Waals surface area (Å²) in [5, 5.41) is 6.20. The number of hydrogen-bond donors (Lipinski definition) is 3. The van der Waals surface area contributed by atoms with Crippen molar-refractivity contribution in [3.05, 3.63) is 59.3 Å². The first-order chi connectivity index (χ1) is 15.3. The Morgan fingerprint density at radius 2 is 2.00 bits per heavy atom. The Morgan fingerprint density at radius 3 is 2.70 bits per heavy atom. The third-order valence-corrected chi connectivity index (χ3v) is 5.37. The van der Waals surface area contributed by atoms with E-state index in [1.54, 1.807) is 19.3 Å². The number of piperidine rings is 1. The summed E-state index contributed by atoms with van der Waals surface area (Å²) < 4.78 is 38.7. The maximum Gasteiger partial charge on any atom is 0.416 e. The van der Waals surface area contributed by atoms with Gasteiger partial charge in [0.15, 0.2) is 5.96 Å². The van der Waals surface area contributed by atoms with Crippen molar-refractivity contribution in [3.63, 3.8) is 0 Å². The number of nitrogens with one attached hydrogen (secondary N) is 2. The summed E-state index contributed by atoms with van der Waals surface area (Å²) in [7, 11) is 1.59. The maximum absolute atomic E-state index is 12.9. The van der Waals surface area contributed by atoms with Crippen LogP contribution in [0.1, 0.15) is 29.5 Å². The molecule has 0 spiro atoms. The van der Waals surface area contributed by atoms with Crippen LogP contribution < -0.4 is 21.3 Å². The summed E-state index contributed by atoms with van der Waals surface area (Å²) in [5.74, 6) is 0.725. The van der Waals surface area contributed by atoms with E-state index in [-0.39, 0.29) is 42.3 Å². The number of rotatable bonds is 6. The van der Waals surface area contributed by atoms with Gasteiger partial charge in [0.2, 0.25) is 5.91 Å². The lowest BCUT2D eigenvalue weighted by Gasteiger charge is -2.33. The van der Waals surface area contributed by atoms with Crippen LogP contribution in [0.3, 0.4) is 0 Å². The third-order valence-electron chi connectivity index (χ3n) is 5.37. The first-order valence-electron chi connectivity index (χ1n) is 10.4. The van der Waals surface area contributed by atoms with Crippen molar-refractivity contribution in [1.82, 2.24) is 15.6 Å². The fraction of sp³-hybridized carbons (Fsp3) is 0.409. The molecule has 1 saturated heterocycles. The molecule has 1 fully saturated rings. The number of carbonyl (C=O) groups excluding carboxylic acids is 1. The number of hydrogen-bond acceptors (Lipinski definition) is 4. The van der Waals surface area contributed by atoms with Crippen molar-refractivity contribution in [2.24, 2.45) is 16.6 Å². The topological polar surface area (TPSA) is 95.6 Å². The van der Waals surface area contributed by atoms with E-state index < -0.39 is 11.7 Å². The number of nitrogens with two attached hydrogens (primary N) is 1. The van der Waals surface area contributed by atoms with Crippen molar-refractivity contribution < 1.29 is 18.0 Å². The first-order valence-corrected chi connectivity index (χ1v) is 10.4. The Balaban J connectivity index is 0.00000385. The van der Waals surface area contributed by atoms with Gasteiger partial charge >= 0.3 is 6.18 Å². The molecule has 1 aromatic carbocycles. The number of halogens is 4. The molecule has 0 radical (unpaired) electrons. The number of nitrogens with zero attached hydrogens (tertiary/aromatic N) is 3. The molecule has 7 nitrogen and oxygen atoms in total. The minimum absolute atomic E-state index is 0. The standard InChI is InChI=1S/C22H27F3N6O.HI/c1-27-21(29-12-15-5-2-8-18(11-15)22(23,24)25)30-13-16-6-3-9-28-20(16)31-10-4-7-17(14-31)19(26)32;/h2-3,5-6,8-9,11,17H,4,7,10,12-14H2,1H3,(H2,26,32)(H2,27,29,30);1H. The lowest BCUT2D eigenvalue weighted by molar-refractivity contribution is -0.137. The van der Waals surface area contributed by atoms with E-state index >= 15 is 0 Å². The highest BCUT2D eigenvalue weighted by molar-refractivity contribution is 14.0. The van der Waals surface area contributed by atoms with Gasteiger partial charge in [-0.3, -0.25) is 9.79 Å². The Morgan fingerprint density at radius 1 is 1.24 bits per heavy atom. The molecule has 2 aromatic rings. The average Bonchev–Trinajstić information content (AvgIpc) is 2.79. The summed E-state index contributed by atoms with van der Waals surface area (Å²) in [6.45, 7) is 1.91. The number of primary amides is 1. The second-order valence-corrected chi connectivity index (χ2v) is 7.65. The van der Waals surface area contributed by atoms with E-state index in [2.05, 4.69) is 25.5 Å². The smallest absolute Gasteiger partial charge is 0.369 e. The number of carbonyl (C=O) groups is 1. The molecule has 33 heavy (non-hydrogen) atoms. The number of anilines is 1. The molecule has 11 heteroatoms. The number of aromatic nitrogens is 1. The van der Waals surface area contributed by atoms with Gasteiger partial charge in [0.1, 0.15) is 5.82 Å². The Labute approximate surface area is 208 Å². The quantitative estimate of drug-likeness (QED) is 0.279. The monoisotopic (exact) mass is 576 g/mol. The average molecular weight is 576 g/mol. The molecular weight excluding hydrogens is 548 g/mol. The molecule has 3 rings (SSSR count). The number of alkyl halides is 3. The van der Waals surface area contributed by atoms with Crippen LogP contribution >= 0.6 is 24.0 Å². The second-order valence-electron chi connectivity index (χ2n) is 7.65. The Bertz CT molecular complexity index is 969. The van der Waals surface area contributed by atoms with Crippen LogP contribution in [0.15, 0.2) is 47.6 Å². The van der Waals surface area contributed by atoms with E-state index in [1.807, 2.05) is 12.1 Å². The summed E-state index contributed by atoms with van der Waals surface area (Å²) in [5.41, 5.74) is 6.22. The first kappa shape index (κ1) is 26.7. The van der Waals surface area contributed by atoms with Crippen molar-refractivity contribution in [1.29, 1.82) is 0 Å². The summed E-state index contributed by atoms with van der Waals surface area (Å²) in [6, 6.07) is 8.93. The zero-order chi connectivity index (χ0) is 23.1. The number of pyridine rings is 1. The van der Waals surface area contributed by atoms with E-state index in [1.165, 1.54) is 6.07 Å². The number of guanidine groups is 1. The summed E-state index contributed by atoms with van der Waals surface area (Å²) in [6.07, 6.45) is -1.04. The van der Waals surface area contributed by atoms with Crippen molar-refractivity contribution in [2.45, 2.75) is 32.1 Å². The third kappa shape index (κ3) is 7.47. The minimum Gasteiger partial charge on any atom is -0.369 e. The molecule has 1 atom stereocenters. The van der Waals surface area contributed by atoms with Gasteiger partial charge in [-0.2, -0.15) is 13.2 Å². The largest absolute Gasteiger partial charge is 0.416 e. The van der Waals surface area contributed by atoms with Gasteiger partial charge in [-0.15, -0.1) is 24.0 Å². The number of aliphatic imine (C=N–C) groups is 1. The number of benzene rings is 1. The van der Waals surface area contributed by atoms with Crippen LogP contribution in [0.25, 0.3) is 0 Å². The normalized spacial score (nSPS) is 16.7. The van der Waals surface area contributed by atoms with Gasteiger partial charge in [-0.1, -0.05) is 18.2 Å². The van der Waals surface area contributed by atoms with Crippen molar-refractivity contribution in [3.8, 4) is 0 Å². The lowest BCUT2D eigenvalue weighted by Crippen LogP contribution is -2.42. The van der Waals surface area contributed by atoms with Gasteiger partial charge in [-0.05, 0) is 36.6 Å². The van der Waals surface area contributed by atoms with Crippen LogP contribution in [0.2, 0.25) is 0 Å². The highest BCUT2D eigenvalue weighted by atomic mass is 127. The van der Waals surface area contributed by atoms with Crippen LogP contribution in [0.5, 0.6) is 0 Å². The van der Waals surface area contributed by atoms with Crippen LogP contribution in [0.4, 0.5) is 19.0 Å². The predicted octanol–water partition coefficient (Wildman–Crippen LogP) is 3.29.